The summed E-state index contributed by atoms with van der Waals surface area (Å²) in [7, 11) is 3.15. The molecule has 0 fully saturated rings. The van der Waals surface area contributed by atoms with Crippen molar-refractivity contribution in [2.75, 3.05) is 14.2 Å². The highest BCUT2D eigenvalue weighted by atomic mass is 16.5. The first kappa shape index (κ1) is 14.7. The van der Waals surface area contributed by atoms with Gasteiger partial charge in [-0.15, -0.1) is 0 Å². The maximum absolute atomic E-state index is 12.2. The lowest BCUT2D eigenvalue weighted by Crippen LogP contribution is -2.23. The number of methoxy groups -OCH3 is 2. The maximum Gasteiger partial charge on any atom is 0.269 e. The fraction of sp³-hybridized carbons (Fsp3) is 0.250. The Kier molecular flexibility index (Phi) is 4.29. The Labute approximate surface area is 123 Å². The van der Waals surface area contributed by atoms with Crippen LogP contribution in [-0.2, 0) is 6.54 Å². The zero-order valence-corrected chi connectivity index (χ0v) is 12.2. The van der Waals surface area contributed by atoms with Crippen LogP contribution >= 0.6 is 0 Å². The van der Waals surface area contributed by atoms with E-state index in [9.17, 15) is 4.79 Å². The third kappa shape index (κ3) is 2.90. The first-order chi connectivity index (χ1) is 10.1. The molecule has 2 rings (SSSR count). The second kappa shape index (κ2) is 6.14. The summed E-state index contributed by atoms with van der Waals surface area (Å²) >= 11 is 0. The molecule has 5 nitrogen and oxygen atoms in total. The van der Waals surface area contributed by atoms with Crippen molar-refractivity contribution in [3.63, 3.8) is 0 Å². The van der Waals surface area contributed by atoms with Crippen molar-refractivity contribution >= 4 is 0 Å². The lowest BCUT2D eigenvalue weighted by Gasteiger charge is -2.12. The Balaban J connectivity index is 2.48. The molecule has 0 radical (unpaired) electrons. The van der Waals surface area contributed by atoms with E-state index in [1.807, 2.05) is 12.1 Å². The Morgan fingerprint density at radius 3 is 2.62 bits per heavy atom. The zero-order chi connectivity index (χ0) is 15.4. The van der Waals surface area contributed by atoms with Gasteiger partial charge in [-0.1, -0.05) is 0 Å². The molecule has 1 aromatic heterocycles. The van der Waals surface area contributed by atoms with Crippen molar-refractivity contribution in [1.29, 1.82) is 5.26 Å². The van der Waals surface area contributed by atoms with Gasteiger partial charge < -0.3 is 14.0 Å². The van der Waals surface area contributed by atoms with E-state index < -0.39 is 0 Å². The van der Waals surface area contributed by atoms with Crippen molar-refractivity contribution in [2.24, 2.45) is 0 Å². The lowest BCUT2D eigenvalue weighted by atomic mass is 10.1. The molecule has 21 heavy (non-hydrogen) atoms. The van der Waals surface area contributed by atoms with Crippen LogP contribution in [0.25, 0.3) is 0 Å². The number of rotatable bonds is 4. The molecule has 0 unspecified atom stereocenters. The molecule has 0 N–H and O–H groups in total. The van der Waals surface area contributed by atoms with Gasteiger partial charge in [0.2, 0.25) is 0 Å². The molecule has 0 aliphatic heterocycles. The molecule has 0 aliphatic rings. The third-order valence-electron chi connectivity index (χ3n) is 3.31. The highest BCUT2D eigenvalue weighted by Crippen LogP contribution is 2.24. The van der Waals surface area contributed by atoms with Gasteiger partial charge in [0.1, 0.15) is 23.1 Å². The number of aromatic nitrogens is 1. The van der Waals surface area contributed by atoms with Crippen LogP contribution in [0.2, 0.25) is 0 Å². The minimum atomic E-state index is -0.303. The molecular formula is C16H16N2O3. The number of aryl methyl sites for hydroxylation is 1. The van der Waals surface area contributed by atoms with Gasteiger partial charge in [0.15, 0.2) is 0 Å². The number of ether oxygens (including phenoxy) is 2. The molecule has 108 valence electrons. The van der Waals surface area contributed by atoms with Crippen LogP contribution in [0.5, 0.6) is 11.5 Å². The Morgan fingerprint density at radius 2 is 2.00 bits per heavy atom. The molecule has 0 spiro atoms. The van der Waals surface area contributed by atoms with Crippen LogP contribution in [-0.4, -0.2) is 18.8 Å². The van der Waals surface area contributed by atoms with Crippen LogP contribution < -0.4 is 15.0 Å². The van der Waals surface area contributed by atoms with Crippen LogP contribution in [0.4, 0.5) is 0 Å². The molecule has 1 aromatic carbocycles. The van der Waals surface area contributed by atoms with Gasteiger partial charge in [-0.2, -0.15) is 5.26 Å². The molecule has 1 heterocycles. The zero-order valence-electron chi connectivity index (χ0n) is 12.2. The summed E-state index contributed by atoms with van der Waals surface area (Å²) in [6.07, 6.45) is 1.68. The molecule has 2 aromatic rings. The van der Waals surface area contributed by atoms with Crippen LogP contribution in [0.3, 0.4) is 0 Å². The lowest BCUT2D eigenvalue weighted by molar-refractivity contribution is 0.397. The maximum atomic E-state index is 12.2. The first-order valence-corrected chi connectivity index (χ1v) is 6.41. The van der Waals surface area contributed by atoms with E-state index in [-0.39, 0.29) is 11.1 Å². The predicted octanol–water partition coefficient (Wildman–Crippen LogP) is 2.09. The number of nitriles is 1. The second-order valence-electron chi connectivity index (χ2n) is 4.60. The van der Waals surface area contributed by atoms with Crippen molar-refractivity contribution in [2.45, 2.75) is 13.5 Å². The summed E-state index contributed by atoms with van der Waals surface area (Å²) in [5.74, 6) is 1.35. The Hall–Kier alpha value is -2.74. The molecule has 0 atom stereocenters. The van der Waals surface area contributed by atoms with Crippen LogP contribution in [0.1, 0.15) is 16.7 Å². The monoisotopic (exact) mass is 284 g/mol. The van der Waals surface area contributed by atoms with E-state index in [2.05, 4.69) is 0 Å². The van der Waals surface area contributed by atoms with Crippen LogP contribution in [0.15, 0.2) is 35.3 Å². The average molecular weight is 284 g/mol. The van der Waals surface area contributed by atoms with Gasteiger partial charge in [0.25, 0.3) is 5.56 Å². The van der Waals surface area contributed by atoms with E-state index >= 15 is 0 Å². The summed E-state index contributed by atoms with van der Waals surface area (Å²) in [4.78, 5) is 12.2. The molecule has 0 bridgehead atoms. The van der Waals surface area contributed by atoms with E-state index in [0.717, 1.165) is 5.56 Å². The molecule has 0 saturated carbocycles. The SMILES string of the molecule is COc1ccc(OC)c(Cn2ccc(C)c(C#N)c2=O)c1. The fourth-order valence-corrected chi connectivity index (χ4v) is 2.11. The molecule has 5 heteroatoms. The summed E-state index contributed by atoms with van der Waals surface area (Å²) in [6, 6.07) is 9.11. The van der Waals surface area contributed by atoms with E-state index in [1.54, 1.807) is 45.5 Å². The van der Waals surface area contributed by atoms with Crippen molar-refractivity contribution in [1.82, 2.24) is 4.57 Å². The quantitative estimate of drug-likeness (QED) is 0.862. The van der Waals surface area contributed by atoms with Gasteiger partial charge in [0, 0.05) is 11.8 Å². The standard InChI is InChI=1S/C16H16N2O3/c1-11-6-7-18(16(19)14(11)9-17)10-12-8-13(20-2)4-5-15(12)21-3/h4-8H,10H2,1-3H3. The third-order valence-corrected chi connectivity index (χ3v) is 3.31. The Bertz CT molecular complexity index is 757. The molecule has 0 saturated heterocycles. The molecule has 0 amide bonds. The summed E-state index contributed by atoms with van der Waals surface area (Å²) in [6.45, 7) is 2.06. The largest absolute Gasteiger partial charge is 0.497 e. The van der Waals surface area contributed by atoms with Gasteiger partial charge in [-0.3, -0.25) is 4.79 Å². The van der Waals surface area contributed by atoms with Crippen molar-refractivity contribution in [3.05, 3.63) is 57.5 Å². The van der Waals surface area contributed by atoms with Gasteiger partial charge in [0.05, 0.1) is 20.8 Å². The predicted molar refractivity (Wildman–Crippen MR) is 78.8 cm³/mol. The second-order valence-corrected chi connectivity index (χ2v) is 4.60. The molecule has 0 aliphatic carbocycles. The smallest absolute Gasteiger partial charge is 0.269 e. The van der Waals surface area contributed by atoms with Gasteiger partial charge in [-0.05, 0) is 36.8 Å². The minimum Gasteiger partial charge on any atom is -0.497 e. The normalized spacial score (nSPS) is 10.0. The van der Waals surface area contributed by atoms with Crippen molar-refractivity contribution < 1.29 is 9.47 Å². The number of hydrogen-bond acceptors (Lipinski definition) is 4. The van der Waals surface area contributed by atoms with Gasteiger partial charge in [-0.25, -0.2) is 0 Å². The number of nitrogens with zero attached hydrogens (tertiary/aromatic N) is 2. The summed E-state index contributed by atoms with van der Waals surface area (Å²) in [5, 5.41) is 9.06. The highest BCUT2D eigenvalue weighted by Gasteiger charge is 2.10. The van der Waals surface area contributed by atoms with E-state index in [4.69, 9.17) is 14.7 Å². The Morgan fingerprint density at radius 1 is 1.24 bits per heavy atom. The topological polar surface area (TPSA) is 64.2 Å². The van der Waals surface area contributed by atoms with Crippen LogP contribution in [0, 0.1) is 18.3 Å². The van der Waals surface area contributed by atoms with Crippen molar-refractivity contribution in [3.8, 4) is 17.6 Å². The summed E-state index contributed by atoms with van der Waals surface area (Å²) < 4.78 is 12.0. The van der Waals surface area contributed by atoms with E-state index in [0.29, 0.717) is 23.6 Å². The minimum absolute atomic E-state index is 0.166. The first-order valence-electron chi connectivity index (χ1n) is 6.41. The van der Waals surface area contributed by atoms with E-state index in [1.165, 1.54) is 4.57 Å². The molecular weight excluding hydrogens is 268 g/mol. The number of hydrogen-bond donors (Lipinski definition) is 0. The average Bonchev–Trinajstić information content (AvgIpc) is 2.50. The summed E-state index contributed by atoms with van der Waals surface area (Å²) in [5.41, 5.74) is 1.35. The number of pyridine rings is 1. The van der Waals surface area contributed by atoms with Gasteiger partial charge >= 0.3 is 0 Å². The highest BCUT2D eigenvalue weighted by molar-refractivity contribution is 5.41. The number of benzene rings is 1. The fourth-order valence-electron chi connectivity index (χ4n) is 2.11.